The monoisotopic (exact) mass is 408 g/mol. The molecule has 2 aromatic heterocycles. The Kier molecular flexibility index (Phi) is 6.55. The standard InChI is InChI=1S/C24H28N2O4/c1-6-30-21-11-8-12-26-23(17(4)25-24(21)26)20(27)13-18(14-22(28)29-5)19-10-7-9-15(2)16(19)3/h7-12,18H,6,13-14H2,1-5H3/t18-/m0/s1. The molecule has 3 aromatic rings. The Bertz CT molecular complexity index is 1080. The zero-order valence-electron chi connectivity index (χ0n) is 18.2. The van der Waals surface area contributed by atoms with Gasteiger partial charge >= 0.3 is 5.97 Å². The van der Waals surface area contributed by atoms with E-state index in [1.165, 1.54) is 7.11 Å². The number of rotatable bonds is 8. The number of hydrogen-bond donors (Lipinski definition) is 0. The van der Waals surface area contributed by atoms with Gasteiger partial charge in [0.15, 0.2) is 17.2 Å². The molecule has 0 aliphatic heterocycles. The summed E-state index contributed by atoms with van der Waals surface area (Å²) < 4.78 is 12.3. The van der Waals surface area contributed by atoms with Crippen molar-refractivity contribution in [3.8, 4) is 5.75 Å². The van der Waals surface area contributed by atoms with Crippen molar-refractivity contribution < 1.29 is 19.1 Å². The fourth-order valence-corrected chi connectivity index (χ4v) is 3.87. The quantitative estimate of drug-likeness (QED) is 0.403. The van der Waals surface area contributed by atoms with E-state index in [0.717, 1.165) is 16.7 Å². The summed E-state index contributed by atoms with van der Waals surface area (Å²) in [5.41, 5.74) is 5.00. The van der Waals surface area contributed by atoms with Crippen LogP contribution < -0.4 is 4.74 Å². The van der Waals surface area contributed by atoms with Crippen molar-refractivity contribution in [1.82, 2.24) is 9.38 Å². The molecule has 0 aliphatic rings. The van der Waals surface area contributed by atoms with Crippen LogP contribution in [0.5, 0.6) is 5.75 Å². The van der Waals surface area contributed by atoms with Crippen LogP contribution in [-0.2, 0) is 9.53 Å². The second-order valence-corrected chi connectivity index (χ2v) is 7.44. The van der Waals surface area contributed by atoms with Gasteiger partial charge in [-0.3, -0.25) is 14.0 Å². The smallest absolute Gasteiger partial charge is 0.306 e. The van der Waals surface area contributed by atoms with Crippen LogP contribution >= 0.6 is 0 Å². The molecule has 0 radical (unpaired) electrons. The second-order valence-electron chi connectivity index (χ2n) is 7.44. The van der Waals surface area contributed by atoms with E-state index in [2.05, 4.69) is 4.98 Å². The van der Waals surface area contributed by atoms with E-state index >= 15 is 0 Å². The Balaban J connectivity index is 2.00. The molecule has 0 unspecified atom stereocenters. The fourth-order valence-electron chi connectivity index (χ4n) is 3.87. The number of carbonyl (C=O) groups excluding carboxylic acids is 2. The largest absolute Gasteiger partial charge is 0.490 e. The summed E-state index contributed by atoms with van der Waals surface area (Å²) in [4.78, 5) is 30.1. The second kappa shape index (κ2) is 9.11. The lowest BCUT2D eigenvalue weighted by Crippen LogP contribution is -2.16. The molecule has 158 valence electrons. The SMILES string of the molecule is CCOc1cccn2c(C(=O)C[C@@H](CC(=O)OC)c3cccc(C)c3C)c(C)nc12. The van der Waals surface area contributed by atoms with Crippen LogP contribution in [0.3, 0.4) is 0 Å². The molecule has 6 heteroatoms. The predicted molar refractivity (Wildman–Crippen MR) is 115 cm³/mol. The van der Waals surface area contributed by atoms with E-state index in [4.69, 9.17) is 9.47 Å². The maximum Gasteiger partial charge on any atom is 0.306 e. The molecule has 0 saturated carbocycles. The molecule has 0 saturated heterocycles. The highest BCUT2D eigenvalue weighted by Gasteiger charge is 2.26. The molecular weight excluding hydrogens is 380 g/mol. The number of nitrogens with zero attached hydrogens (tertiary/aromatic N) is 2. The zero-order chi connectivity index (χ0) is 21.8. The van der Waals surface area contributed by atoms with Gasteiger partial charge < -0.3 is 9.47 Å². The van der Waals surface area contributed by atoms with E-state index in [1.54, 1.807) is 4.40 Å². The minimum absolute atomic E-state index is 0.0662. The number of ketones is 1. The van der Waals surface area contributed by atoms with Gasteiger partial charge in [0.1, 0.15) is 5.69 Å². The van der Waals surface area contributed by atoms with Crippen LogP contribution in [0.25, 0.3) is 5.65 Å². The zero-order valence-corrected chi connectivity index (χ0v) is 18.2. The van der Waals surface area contributed by atoms with Crippen LogP contribution in [-0.4, -0.2) is 34.9 Å². The number of ether oxygens (including phenoxy) is 2. The summed E-state index contributed by atoms with van der Waals surface area (Å²) in [5.74, 6) is -0.0293. The Morgan fingerprint density at radius 1 is 1.10 bits per heavy atom. The summed E-state index contributed by atoms with van der Waals surface area (Å²) in [6.45, 7) is 8.30. The molecule has 0 amide bonds. The summed E-state index contributed by atoms with van der Waals surface area (Å²) in [6.07, 6.45) is 2.15. The Morgan fingerprint density at radius 2 is 1.87 bits per heavy atom. The van der Waals surface area contributed by atoms with Crippen LogP contribution in [0.2, 0.25) is 0 Å². The minimum Gasteiger partial charge on any atom is -0.490 e. The van der Waals surface area contributed by atoms with Crippen molar-refractivity contribution >= 4 is 17.4 Å². The third-order valence-corrected chi connectivity index (χ3v) is 5.51. The van der Waals surface area contributed by atoms with Crippen molar-refractivity contribution in [2.24, 2.45) is 0 Å². The van der Waals surface area contributed by atoms with Crippen molar-refractivity contribution in [2.75, 3.05) is 13.7 Å². The highest BCUT2D eigenvalue weighted by molar-refractivity contribution is 5.97. The number of imidazole rings is 1. The maximum atomic E-state index is 13.4. The molecular formula is C24H28N2O4. The molecule has 0 aliphatic carbocycles. The number of pyridine rings is 1. The summed E-state index contributed by atoms with van der Waals surface area (Å²) in [7, 11) is 1.37. The van der Waals surface area contributed by atoms with E-state index < -0.39 is 0 Å². The van der Waals surface area contributed by atoms with Crippen molar-refractivity contribution in [3.05, 3.63) is 64.6 Å². The minimum atomic E-state index is -0.331. The van der Waals surface area contributed by atoms with Crippen molar-refractivity contribution in [1.29, 1.82) is 0 Å². The molecule has 2 heterocycles. The molecule has 0 N–H and O–H groups in total. The van der Waals surface area contributed by atoms with Gasteiger partial charge in [0, 0.05) is 18.5 Å². The van der Waals surface area contributed by atoms with Gasteiger partial charge in [-0.2, -0.15) is 0 Å². The lowest BCUT2D eigenvalue weighted by molar-refractivity contribution is -0.141. The Hall–Kier alpha value is -3.15. The number of esters is 1. The van der Waals surface area contributed by atoms with Gasteiger partial charge in [-0.05, 0) is 56.5 Å². The average Bonchev–Trinajstić information content (AvgIpc) is 3.06. The van der Waals surface area contributed by atoms with E-state index in [0.29, 0.717) is 29.4 Å². The van der Waals surface area contributed by atoms with Gasteiger partial charge in [0.2, 0.25) is 0 Å². The van der Waals surface area contributed by atoms with E-state index in [1.807, 2.05) is 64.2 Å². The first-order valence-electron chi connectivity index (χ1n) is 10.1. The van der Waals surface area contributed by atoms with E-state index in [-0.39, 0.29) is 30.5 Å². The lowest BCUT2D eigenvalue weighted by Gasteiger charge is -2.19. The molecule has 0 bridgehead atoms. The molecule has 6 nitrogen and oxygen atoms in total. The summed E-state index contributed by atoms with van der Waals surface area (Å²) >= 11 is 0. The van der Waals surface area contributed by atoms with Crippen LogP contribution in [0.1, 0.15) is 58.6 Å². The normalized spacial score (nSPS) is 12.0. The van der Waals surface area contributed by atoms with Crippen LogP contribution in [0.4, 0.5) is 0 Å². The molecule has 0 spiro atoms. The number of methoxy groups -OCH3 is 1. The van der Waals surface area contributed by atoms with Crippen LogP contribution in [0.15, 0.2) is 36.5 Å². The number of Topliss-reactive ketones (excluding diaryl/α,β-unsaturated/α-hetero) is 1. The lowest BCUT2D eigenvalue weighted by atomic mass is 9.86. The third kappa shape index (κ3) is 4.22. The van der Waals surface area contributed by atoms with Gasteiger partial charge in [-0.25, -0.2) is 4.98 Å². The van der Waals surface area contributed by atoms with Crippen LogP contribution in [0, 0.1) is 20.8 Å². The van der Waals surface area contributed by atoms with Gasteiger partial charge in [-0.1, -0.05) is 18.2 Å². The maximum absolute atomic E-state index is 13.4. The average molecular weight is 408 g/mol. The number of aromatic nitrogens is 2. The van der Waals surface area contributed by atoms with E-state index in [9.17, 15) is 9.59 Å². The first-order valence-corrected chi connectivity index (χ1v) is 10.1. The first kappa shape index (κ1) is 21.6. The summed E-state index contributed by atoms with van der Waals surface area (Å²) in [5, 5.41) is 0. The number of fused-ring (bicyclic) bond motifs is 1. The fraction of sp³-hybridized carbons (Fsp3) is 0.375. The first-order chi connectivity index (χ1) is 14.4. The number of benzene rings is 1. The number of carbonyl (C=O) groups is 2. The molecule has 1 aromatic carbocycles. The Morgan fingerprint density at radius 3 is 2.57 bits per heavy atom. The summed E-state index contributed by atoms with van der Waals surface area (Å²) in [6, 6.07) is 9.65. The highest BCUT2D eigenvalue weighted by atomic mass is 16.5. The van der Waals surface area contributed by atoms with Gasteiger partial charge in [0.25, 0.3) is 0 Å². The molecule has 3 rings (SSSR count). The highest BCUT2D eigenvalue weighted by Crippen LogP contribution is 2.31. The van der Waals surface area contributed by atoms with Gasteiger partial charge in [0.05, 0.1) is 25.8 Å². The topological polar surface area (TPSA) is 69.9 Å². The van der Waals surface area contributed by atoms with Crippen molar-refractivity contribution in [3.63, 3.8) is 0 Å². The Labute approximate surface area is 176 Å². The predicted octanol–water partition coefficient (Wildman–Crippen LogP) is 4.58. The molecule has 30 heavy (non-hydrogen) atoms. The third-order valence-electron chi connectivity index (χ3n) is 5.51. The van der Waals surface area contributed by atoms with Gasteiger partial charge in [-0.15, -0.1) is 0 Å². The molecule has 0 fully saturated rings. The number of aryl methyl sites for hydroxylation is 2. The van der Waals surface area contributed by atoms with Crippen molar-refractivity contribution in [2.45, 2.75) is 46.5 Å². The number of hydrogen-bond acceptors (Lipinski definition) is 5. The molecule has 1 atom stereocenters.